The number of nitrogens with zero attached hydrogens (tertiary/aromatic N) is 4. The fourth-order valence-electron chi connectivity index (χ4n) is 5.72. The van der Waals surface area contributed by atoms with Crippen LogP contribution in [-0.4, -0.2) is 54.2 Å². The van der Waals surface area contributed by atoms with Gasteiger partial charge in [0.2, 0.25) is 0 Å². The second-order valence-corrected chi connectivity index (χ2v) is 10.5. The summed E-state index contributed by atoms with van der Waals surface area (Å²) in [6, 6.07) is 8.69. The third kappa shape index (κ3) is 4.79. The monoisotopic (exact) mass is 508 g/mol. The lowest BCUT2D eigenvalue weighted by molar-refractivity contribution is 0.253. The van der Waals surface area contributed by atoms with Crippen molar-refractivity contribution < 1.29 is 17.9 Å². The highest BCUT2D eigenvalue weighted by Crippen LogP contribution is 2.42. The molecule has 6 rings (SSSR count). The van der Waals surface area contributed by atoms with Crippen molar-refractivity contribution in [2.24, 2.45) is 0 Å². The van der Waals surface area contributed by atoms with Gasteiger partial charge in [-0.15, -0.1) is 0 Å². The topological polar surface area (TPSA) is 41.5 Å². The summed E-state index contributed by atoms with van der Waals surface area (Å²) in [7, 11) is 2.09. The third-order valence-corrected chi connectivity index (χ3v) is 8.08. The molecule has 0 atom stereocenters. The number of hydrogen-bond acceptors (Lipinski definition) is 5. The minimum absolute atomic E-state index is 0.0363. The van der Waals surface area contributed by atoms with Gasteiger partial charge >= 0.3 is 0 Å². The maximum absolute atomic E-state index is 15.1. The molecule has 3 aliphatic rings. The molecule has 37 heavy (non-hydrogen) atoms. The van der Waals surface area contributed by atoms with Crippen LogP contribution in [0.25, 0.3) is 11.3 Å². The Morgan fingerprint density at radius 1 is 0.946 bits per heavy atom. The van der Waals surface area contributed by atoms with Gasteiger partial charge in [-0.05, 0) is 87.5 Å². The summed E-state index contributed by atoms with van der Waals surface area (Å²) in [5.41, 5.74) is 2.50. The molecule has 194 valence electrons. The Morgan fingerprint density at radius 2 is 1.76 bits per heavy atom. The van der Waals surface area contributed by atoms with Crippen LogP contribution in [0, 0.1) is 17.5 Å². The van der Waals surface area contributed by atoms with Crippen molar-refractivity contribution in [1.29, 1.82) is 0 Å². The summed E-state index contributed by atoms with van der Waals surface area (Å²) in [5.74, 6) is -0.574. The lowest BCUT2D eigenvalue weighted by Gasteiger charge is -2.42. The van der Waals surface area contributed by atoms with Crippen molar-refractivity contribution in [3.63, 3.8) is 0 Å². The molecule has 1 aromatic heterocycles. The van der Waals surface area contributed by atoms with E-state index in [1.807, 2.05) is 12.1 Å². The molecule has 0 N–H and O–H groups in total. The quantitative estimate of drug-likeness (QED) is 0.442. The SMILES string of the molecule is CN1CCC(c2ccc(Cc3ncc(F)c(-c4cc(F)c5c(c4)N(C4CCC4)CCO5)n3)cc2F)CC1. The van der Waals surface area contributed by atoms with Crippen LogP contribution in [0.3, 0.4) is 0 Å². The van der Waals surface area contributed by atoms with E-state index in [9.17, 15) is 4.39 Å². The maximum Gasteiger partial charge on any atom is 0.178 e. The van der Waals surface area contributed by atoms with Crippen molar-refractivity contribution in [3.05, 3.63) is 70.9 Å². The van der Waals surface area contributed by atoms with Gasteiger partial charge in [0.25, 0.3) is 0 Å². The Bertz CT molecular complexity index is 1300. The molecule has 2 aliphatic heterocycles. The minimum atomic E-state index is -0.626. The Balaban J connectivity index is 1.26. The number of hydrogen-bond donors (Lipinski definition) is 0. The second-order valence-electron chi connectivity index (χ2n) is 10.5. The Labute approximate surface area is 215 Å². The van der Waals surface area contributed by atoms with Crippen LogP contribution in [0.1, 0.15) is 55.0 Å². The van der Waals surface area contributed by atoms with Crippen LogP contribution in [0.2, 0.25) is 0 Å². The molecule has 0 radical (unpaired) electrons. The number of likely N-dealkylation sites (tertiary alicyclic amines) is 1. The molecule has 8 heteroatoms. The normalized spacial score (nSPS) is 18.9. The van der Waals surface area contributed by atoms with Gasteiger partial charge in [-0.1, -0.05) is 12.1 Å². The zero-order chi connectivity index (χ0) is 25.5. The summed E-state index contributed by atoms with van der Waals surface area (Å²) >= 11 is 0. The standard InChI is InChI=1S/C29H31F3N4O/c1-35-9-7-19(8-10-35)22-6-5-18(13-23(22)30)14-27-33-17-25(32)28(34-27)20-15-24(31)29-26(16-20)36(11-12-37-29)21-3-2-4-21/h5-6,13,15-17,19,21H,2-4,7-12,14H2,1H3. The molecule has 3 heterocycles. The highest BCUT2D eigenvalue weighted by atomic mass is 19.1. The van der Waals surface area contributed by atoms with Gasteiger partial charge < -0.3 is 14.5 Å². The zero-order valence-corrected chi connectivity index (χ0v) is 21.0. The number of rotatable bonds is 5. The van der Waals surface area contributed by atoms with Gasteiger partial charge in [0.05, 0.1) is 18.4 Å². The number of aromatic nitrogens is 2. The molecule has 2 fully saturated rings. The van der Waals surface area contributed by atoms with E-state index in [-0.39, 0.29) is 29.6 Å². The lowest BCUT2D eigenvalue weighted by atomic mass is 9.88. The van der Waals surface area contributed by atoms with Crippen LogP contribution in [-0.2, 0) is 6.42 Å². The van der Waals surface area contributed by atoms with E-state index in [1.54, 1.807) is 6.07 Å². The Hall–Kier alpha value is -3.13. The highest BCUT2D eigenvalue weighted by molar-refractivity contribution is 5.72. The van der Waals surface area contributed by atoms with Crippen LogP contribution >= 0.6 is 0 Å². The van der Waals surface area contributed by atoms with Crippen molar-refractivity contribution in [2.75, 3.05) is 38.2 Å². The molecule has 3 aromatic rings. The summed E-state index contributed by atoms with van der Waals surface area (Å²) < 4.78 is 50.6. The van der Waals surface area contributed by atoms with Gasteiger partial charge in [0.15, 0.2) is 17.4 Å². The smallest absolute Gasteiger partial charge is 0.178 e. The van der Waals surface area contributed by atoms with Crippen molar-refractivity contribution in [2.45, 2.75) is 50.5 Å². The largest absolute Gasteiger partial charge is 0.486 e. The number of piperidine rings is 1. The molecular formula is C29H31F3N4O. The van der Waals surface area contributed by atoms with Gasteiger partial charge in [-0.3, -0.25) is 0 Å². The summed E-state index contributed by atoms with van der Waals surface area (Å²) in [6.45, 7) is 3.04. The summed E-state index contributed by atoms with van der Waals surface area (Å²) in [6.07, 6.45) is 6.52. The zero-order valence-electron chi connectivity index (χ0n) is 21.0. The fraction of sp³-hybridized carbons (Fsp3) is 0.448. The third-order valence-electron chi connectivity index (χ3n) is 8.08. The average Bonchev–Trinajstić information content (AvgIpc) is 2.85. The number of ether oxygens (including phenoxy) is 1. The first-order valence-electron chi connectivity index (χ1n) is 13.2. The lowest BCUT2D eigenvalue weighted by Crippen LogP contribution is -2.44. The molecule has 2 aromatic carbocycles. The van der Waals surface area contributed by atoms with E-state index in [0.29, 0.717) is 41.8 Å². The van der Waals surface area contributed by atoms with E-state index >= 15 is 8.78 Å². The maximum atomic E-state index is 15.1. The van der Waals surface area contributed by atoms with Crippen molar-refractivity contribution in [1.82, 2.24) is 14.9 Å². The minimum Gasteiger partial charge on any atom is -0.486 e. The van der Waals surface area contributed by atoms with Gasteiger partial charge in [-0.2, -0.15) is 0 Å². The van der Waals surface area contributed by atoms with Crippen molar-refractivity contribution >= 4 is 5.69 Å². The van der Waals surface area contributed by atoms with E-state index in [1.165, 1.54) is 12.1 Å². The van der Waals surface area contributed by atoms with E-state index in [2.05, 4.69) is 26.8 Å². The molecule has 0 bridgehead atoms. The Kier molecular flexibility index (Phi) is 6.53. The van der Waals surface area contributed by atoms with Crippen LogP contribution < -0.4 is 9.64 Å². The molecular weight excluding hydrogens is 477 g/mol. The molecule has 0 amide bonds. The number of anilines is 1. The van der Waals surface area contributed by atoms with E-state index in [0.717, 1.165) is 57.0 Å². The first kappa shape index (κ1) is 24.2. The second kappa shape index (κ2) is 9.97. The van der Waals surface area contributed by atoms with E-state index < -0.39 is 11.6 Å². The molecule has 0 spiro atoms. The predicted molar refractivity (Wildman–Crippen MR) is 137 cm³/mol. The molecule has 5 nitrogen and oxygen atoms in total. The fourth-order valence-corrected chi connectivity index (χ4v) is 5.72. The highest BCUT2D eigenvalue weighted by Gasteiger charge is 2.32. The number of fused-ring (bicyclic) bond motifs is 1. The van der Waals surface area contributed by atoms with Gasteiger partial charge in [0.1, 0.15) is 23.9 Å². The summed E-state index contributed by atoms with van der Waals surface area (Å²) in [5, 5.41) is 0. The molecule has 1 saturated carbocycles. The number of benzene rings is 2. The van der Waals surface area contributed by atoms with E-state index in [4.69, 9.17) is 4.74 Å². The average molecular weight is 509 g/mol. The molecule has 1 aliphatic carbocycles. The van der Waals surface area contributed by atoms with Gasteiger partial charge in [-0.25, -0.2) is 23.1 Å². The van der Waals surface area contributed by atoms with Crippen molar-refractivity contribution in [3.8, 4) is 17.0 Å². The first-order chi connectivity index (χ1) is 18.0. The first-order valence-corrected chi connectivity index (χ1v) is 13.2. The van der Waals surface area contributed by atoms with Gasteiger partial charge in [0, 0.05) is 18.0 Å². The molecule has 1 saturated heterocycles. The van der Waals surface area contributed by atoms with Crippen LogP contribution in [0.5, 0.6) is 5.75 Å². The number of halogens is 3. The Morgan fingerprint density at radius 3 is 2.49 bits per heavy atom. The van der Waals surface area contributed by atoms with Crippen LogP contribution in [0.4, 0.5) is 18.9 Å². The molecule has 0 unspecified atom stereocenters. The van der Waals surface area contributed by atoms with Crippen LogP contribution in [0.15, 0.2) is 36.5 Å². The predicted octanol–water partition coefficient (Wildman–Crippen LogP) is 5.71. The summed E-state index contributed by atoms with van der Waals surface area (Å²) in [4.78, 5) is 13.0.